The lowest BCUT2D eigenvalue weighted by Gasteiger charge is -2.21. The smallest absolute Gasteiger partial charge is 0.231 e. The van der Waals surface area contributed by atoms with Crippen LogP contribution in [-0.4, -0.2) is 26.9 Å². The van der Waals surface area contributed by atoms with Gasteiger partial charge in [-0.15, -0.1) is 0 Å². The number of benzene rings is 1. The van der Waals surface area contributed by atoms with Crippen molar-refractivity contribution in [1.29, 1.82) is 0 Å². The monoisotopic (exact) mass is 236 g/mol. The van der Waals surface area contributed by atoms with Crippen LogP contribution in [0.1, 0.15) is 13.3 Å². The first kappa shape index (κ1) is 12.0. The van der Waals surface area contributed by atoms with Crippen molar-refractivity contribution in [3.05, 3.63) is 18.2 Å². The predicted molar refractivity (Wildman–Crippen MR) is 68.7 cm³/mol. The fourth-order valence-corrected chi connectivity index (χ4v) is 1.78. The van der Waals surface area contributed by atoms with Gasteiger partial charge in [0.05, 0.1) is 0 Å². The van der Waals surface area contributed by atoms with Crippen LogP contribution in [0.15, 0.2) is 18.2 Å². The molecule has 1 unspecified atom stereocenters. The Morgan fingerprint density at radius 2 is 2.12 bits per heavy atom. The number of hydrogen-bond acceptors (Lipinski definition) is 4. The SMILES string of the molecule is CC(CN)CCN(C)c1ccc2c(c1)OCO2. The number of anilines is 1. The zero-order valence-electron chi connectivity index (χ0n) is 10.5. The van der Waals surface area contributed by atoms with E-state index in [2.05, 4.69) is 24.9 Å². The van der Waals surface area contributed by atoms with Crippen LogP contribution in [0.4, 0.5) is 5.69 Å². The summed E-state index contributed by atoms with van der Waals surface area (Å²) in [7, 11) is 2.08. The first-order valence-electron chi connectivity index (χ1n) is 6.01. The minimum atomic E-state index is 0.326. The van der Waals surface area contributed by atoms with Gasteiger partial charge in [-0.25, -0.2) is 0 Å². The molecule has 1 aromatic rings. The molecule has 1 aliphatic rings. The molecule has 0 aromatic heterocycles. The van der Waals surface area contributed by atoms with E-state index in [0.717, 1.165) is 36.7 Å². The molecule has 4 heteroatoms. The van der Waals surface area contributed by atoms with Gasteiger partial charge in [0.2, 0.25) is 6.79 Å². The third kappa shape index (κ3) is 2.82. The summed E-state index contributed by atoms with van der Waals surface area (Å²) in [6.45, 7) is 4.24. The van der Waals surface area contributed by atoms with E-state index in [4.69, 9.17) is 15.2 Å². The van der Waals surface area contributed by atoms with Gasteiger partial charge in [-0.05, 0) is 31.0 Å². The van der Waals surface area contributed by atoms with Crippen LogP contribution in [0, 0.1) is 5.92 Å². The average molecular weight is 236 g/mol. The molecule has 0 saturated carbocycles. The third-order valence-corrected chi connectivity index (χ3v) is 3.16. The van der Waals surface area contributed by atoms with E-state index < -0.39 is 0 Å². The molecule has 0 spiro atoms. The van der Waals surface area contributed by atoms with Gasteiger partial charge in [0.25, 0.3) is 0 Å². The van der Waals surface area contributed by atoms with Crippen LogP contribution >= 0.6 is 0 Å². The normalized spacial score (nSPS) is 14.8. The van der Waals surface area contributed by atoms with E-state index in [0.29, 0.717) is 12.7 Å². The number of nitrogens with two attached hydrogens (primary N) is 1. The summed E-state index contributed by atoms with van der Waals surface area (Å²) >= 11 is 0. The highest BCUT2D eigenvalue weighted by molar-refractivity contribution is 5.56. The summed E-state index contributed by atoms with van der Waals surface area (Å²) in [6, 6.07) is 6.04. The second-order valence-corrected chi connectivity index (χ2v) is 4.59. The standard InChI is InChI=1S/C13H20N2O2/c1-10(8-14)5-6-15(2)11-3-4-12-13(7-11)17-9-16-12/h3-4,7,10H,5-6,8-9,14H2,1-2H3. The molecule has 0 amide bonds. The number of nitrogens with zero attached hydrogens (tertiary/aromatic N) is 1. The Morgan fingerprint density at radius 1 is 1.35 bits per heavy atom. The van der Waals surface area contributed by atoms with Crippen molar-refractivity contribution >= 4 is 5.69 Å². The molecule has 0 saturated heterocycles. The van der Waals surface area contributed by atoms with Gasteiger partial charge in [-0.1, -0.05) is 6.92 Å². The fourth-order valence-electron chi connectivity index (χ4n) is 1.78. The van der Waals surface area contributed by atoms with Gasteiger partial charge < -0.3 is 20.1 Å². The molecule has 0 radical (unpaired) electrons. The molecule has 1 aliphatic heterocycles. The second-order valence-electron chi connectivity index (χ2n) is 4.59. The quantitative estimate of drug-likeness (QED) is 0.847. The first-order chi connectivity index (χ1) is 8.20. The van der Waals surface area contributed by atoms with Crippen LogP contribution in [-0.2, 0) is 0 Å². The Bertz CT molecular complexity index is 382. The molecule has 0 aliphatic carbocycles. The number of hydrogen-bond donors (Lipinski definition) is 1. The predicted octanol–water partition coefficient (Wildman–Crippen LogP) is 1.84. The van der Waals surface area contributed by atoms with E-state index in [9.17, 15) is 0 Å². The first-order valence-corrected chi connectivity index (χ1v) is 6.01. The van der Waals surface area contributed by atoms with E-state index in [1.54, 1.807) is 0 Å². The minimum Gasteiger partial charge on any atom is -0.454 e. The van der Waals surface area contributed by atoms with Crippen molar-refractivity contribution in [2.75, 3.05) is 31.8 Å². The van der Waals surface area contributed by atoms with Crippen molar-refractivity contribution in [3.8, 4) is 11.5 Å². The Labute approximate surface area is 102 Å². The molecule has 0 fully saturated rings. The van der Waals surface area contributed by atoms with E-state index >= 15 is 0 Å². The number of fused-ring (bicyclic) bond motifs is 1. The zero-order chi connectivity index (χ0) is 12.3. The van der Waals surface area contributed by atoms with E-state index in [1.165, 1.54) is 0 Å². The van der Waals surface area contributed by atoms with Gasteiger partial charge in [-0.3, -0.25) is 0 Å². The molecule has 94 valence electrons. The van der Waals surface area contributed by atoms with Crippen molar-refractivity contribution in [2.45, 2.75) is 13.3 Å². The Kier molecular flexibility index (Phi) is 3.74. The maximum absolute atomic E-state index is 5.62. The van der Waals surface area contributed by atoms with Gasteiger partial charge in [0, 0.05) is 25.3 Å². The molecule has 17 heavy (non-hydrogen) atoms. The highest BCUT2D eigenvalue weighted by Crippen LogP contribution is 2.35. The van der Waals surface area contributed by atoms with Crippen LogP contribution in [0.5, 0.6) is 11.5 Å². The van der Waals surface area contributed by atoms with E-state index in [-0.39, 0.29) is 0 Å². The van der Waals surface area contributed by atoms with Crippen LogP contribution in [0.25, 0.3) is 0 Å². The van der Waals surface area contributed by atoms with Crippen molar-refractivity contribution in [3.63, 3.8) is 0 Å². The molecule has 2 rings (SSSR count). The average Bonchev–Trinajstić information content (AvgIpc) is 2.82. The summed E-state index contributed by atoms with van der Waals surface area (Å²) in [6.07, 6.45) is 1.10. The molecule has 0 bridgehead atoms. The van der Waals surface area contributed by atoms with Crippen LogP contribution in [0.3, 0.4) is 0 Å². The largest absolute Gasteiger partial charge is 0.454 e. The summed E-state index contributed by atoms with van der Waals surface area (Å²) in [4.78, 5) is 2.22. The molecule has 1 aromatic carbocycles. The van der Waals surface area contributed by atoms with Gasteiger partial charge >= 0.3 is 0 Å². The van der Waals surface area contributed by atoms with Crippen LogP contribution < -0.4 is 20.1 Å². The summed E-state index contributed by atoms with van der Waals surface area (Å²) in [5.74, 6) is 2.23. The Balaban J connectivity index is 1.97. The van der Waals surface area contributed by atoms with Crippen LogP contribution in [0.2, 0.25) is 0 Å². The molecular formula is C13H20N2O2. The maximum Gasteiger partial charge on any atom is 0.231 e. The van der Waals surface area contributed by atoms with Crippen molar-refractivity contribution in [1.82, 2.24) is 0 Å². The van der Waals surface area contributed by atoms with Crippen molar-refractivity contribution < 1.29 is 9.47 Å². The molecule has 2 N–H and O–H groups in total. The number of rotatable bonds is 5. The highest BCUT2D eigenvalue weighted by atomic mass is 16.7. The van der Waals surface area contributed by atoms with Gasteiger partial charge in [-0.2, -0.15) is 0 Å². The molecule has 1 heterocycles. The molecular weight excluding hydrogens is 216 g/mol. The zero-order valence-corrected chi connectivity index (χ0v) is 10.5. The van der Waals surface area contributed by atoms with Gasteiger partial charge in [0.1, 0.15) is 0 Å². The molecule has 1 atom stereocenters. The lowest BCUT2D eigenvalue weighted by atomic mass is 10.1. The van der Waals surface area contributed by atoms with Crippen molar-refractivity contribution in [2.24, 2.45) is 11.7 Å². The summed E-state index contributed by atoms with van der Waals surface area (Å²) in [5.41, 5.74) is 6.77. The second kappa shape index (κ2) is 5.27. The minimum absolute atomic E-state index is 0.326. The lowest BCUT2D eigenvalue weighted by molar-refractivity contribution is 0.174. The third-order valence-electron chi connectivity index (χ3n) is 3.16. The Morgan fingerprint density at radius 3 is 2.88 bits per heavy atom. The van der Waals surface area contributed by atoms with Gasteiger partial charge in [0.15, 0.2) is 11.5 Å². The number of ether oxygens (including phenoxy) is 2. The molecule has 4 nitrogen and oxygen atoms in total. The highest BCUT2D eigenvalue weighted by Gasteiger charge is 2.14. The maximum atomic E-state index is 5.62. The topological polar surface area (TPSA) is 47.7 Å². The summed E-state index contributed by atoms with van der Waals surface area (Å²) in [5, 5.41) is 0. The summed E-state index contributed by atoms with van der Waals surface area (Å²) < 4.78 is 10.7. The lowest BCUT2D eigenvalue weighted by Crippen LogP contribution is -2.22. The fraction of sp³-hybridized carbons (Fsp3) is 0.538. The Hall–Kier alpha value is -1.42. The van der Waals surface area contributed by atoms with E-state index in [1.807, 2.05) is 12.1 Å².